The molecule has 72 valence electrons. The molecule has 0 aliphatic carbocycles. The number of rotatable bonds is 2. The van der Waals surface area contributed by atoms with E-state index in [2.05, 4.69) is 10.1 Å². The molecule has 0 saturated heterocycles. The highest BCUT2D eigenvalue weighted by Crippen LogP contribution is 2.15. The van der Waals surface area contributed by atoms with Gasteiger partial charge in [0.15, 0.2) is 0 Å². The van der Waals surface area contributed by atoms with Crippen molar-refractivity contribution in [3.8, 4) is 11.7 Å². The fourth-order valence-electron chi connectivity index (χ4n) is 1.18. The molecule has 2 aromatic rings. The summed E-state index contributed by atoms with van der Waals surface area (Å²) in [6.45, 7) is 0. The molecule has 1 aromatic heterocycles. The molecule has 0 amide bonds. The van der Waals surface area contributed by atoms with Crippen LogP contribution in [0.25, 0.3) is 5.69 Å². The molecule has 5 nitrogen and oxygen atoms in total. The lowest BCUT2D eigenvalue weighted by Gasteiger charge is -2.02. The quantitative estimate of drug-likeness (QED) is 0.762. The van der Waals surface area contributed by atoms with Crippen LogP contribution in [0.5, 0.6) is 6.01 Å². The van der Waals surface area contributed by atoms with Crippen LogP contribution in [0, 0.1) is 0 Å². The minimum Gasteiger partial charge on any atom is -0.467 e. The Morgan fingerprint density at radius 3 is 2.64 bits per heavy atom. The topological polar surface area (TPSA) is 66.0 Å². The van der Waals surface area contributed by atoms with Crippen LogP contribution in [-0.2, 0) is 0 Å². The van der Waals surface area contributed by atoms with Gasteiger partial charge in [-0.15, -0.1) is 5.10 Å². The maximum Gasteiger partial charge on any atom is 0.321 e. The van der Waals surface area contributed by atoms with Gasteiger partial charge in [0.05, 0.1) is 12.8 Å². The lowest BCUT2D eigenvalue weighted by molar-refractivity contribution is 0.369. The van der Waals surface area contributed by atoms with Crippen LogP contribution in [0.3, 0.4) is 0 Å². The second kappa shape index (κ2) is 3.37. The van der Waals surface area contributed by atoms with E-state index in [4.69, 9.17) is 10.5 Å². The zero-order valence-electron chi connectivity index (χ0n) is 7.71. The first-order chi connectivity index (χ1) is 6.81. The van der Waals surface area contributed by atoms with Crippen LogP contribution in [0.2, 0.25) is 0 Å². The number of ether oxygens (including phenoxy) is 1. The first kappa shape index (κ1) is 8.55. The van der Waals surface area contributed by atoms with Crippen molar-refractivity contribution in [3.63, 3.8) is 0 Å². The highest BCUT2D eigenvalue weighted by Gasteiger charge is 2.08. The number of methoxy groups -OCH3 is 1. The van der Waals surface area contributed by atoms with E-state index < -0.39 is 0 Å². The molecule has 14 heavy (non-hydrogen) atoms. The van der Waals surface area contributed by atoms with Gasteiger partial charge >= 0.3 is 6.01 Å². The standard InChI is InChI=1S/C9H10N4O/c1-14-9-11-8(10)12-13(9)7-5-3-2-4-6-7/h2-6H,1H3,(H2,10,12). The molecule has 0 aliphatic heterocycles. The van der Waals surface area contributed by atoms with Crippen LogP contribution >= 0.6 is 0 Å². The molecule has 1 aromatic carbocycles. The van der Waals surface area contributed by atoms with Crippen molar-refractivity contribution in [2.45, 2.75) is 0 Å². The van der Waals surface area contributed by atoms with Gasteiger partial charge in [0.1, 0.15) is 0 Å². The third kappa shape index (κ3) is 1.39. The van der Waals surface area contributed by atoms with E-state index in [0.29, 0.717) is 6.01 Å². The summed E-state index contributed by atoms with van der Waals surface area (Å²) in [5.41, 5.74) is 6.34. The predicted molar refractivity (Wildman–Crippen MR) is 52.3 cm³/mol. The van der Waals surface area contributed by atoms with E-state index in [9.17, 15) is 0 Å². The van der Waals surface area contributed by atoms with Crippen LogP contribution in [0.15, 0.2) is 30.3 Å². The van der Waals surface area contributed by atoms with E-state index in [1.165, 1.54) is 7.11 Å². The van der Waals surface area contributed by atoms with E-state index in [-0.39, 0.29) is 5.95 Å². The normalized spacial score (nSPS) is 10.1. The van der Waals surface area contributed by atoms with Crippen molar-refractivity contribution in [2.75, 3.05) is 12.8 Å². The minimum atomic E-state index is 0.200. The van der Waals surface area contributed by atoms with Crippen molar-refractivity contribution < 1.29 is 4.74 Å². The molecule has 0 spiro atoms. The molecule has 0 unspecified atom stereocenters. The van der Waals surface area contributed by atoms with Gasteiger partial charge in [-0.25, -0.2) is 0 Å². The second-order valence-corrected chi connectivity index (χ2v) is 2.70. The van der Waals surface area contributed by atoms with Gasteiger partial charge in [0.25, 0.3) is 0 Å². The summed E-state index contributed by atoms with van der Waals surface area (Å²) < 4.78 is 6.58. The molecule has 0 atom stereocenters. The number of hydrogen-bond donors (Lipinski definition) is 1. The molecule has 2 N–H and O–H groups in total. The Hall–Kier alpha value is -2.04. The van der Waals surface area contributed by atoms with E-state index >= 15 is 0 Å². The molecule has 2 rings (SSSR count). The lowest BCUT2D eigenvalue weighted by Crippen LogP contribution is -1.99. The number of aromatic nitrogens is 3. The van der Waals surface area contributed by atoms with E-state index in [1.54, 1.807) is 4.68 Å². The van der Waals surface area contributed by atoms with Gasteiger partial charge in [-0.05, 0) is 12.1 Å². The highest BCUT2D eigenvalue weighted by atomic mass is 16.5. The van der Waals surface area contributed by atoms with Crippen molar-refractivity contribution >= 4 is 5.95 Å². The SMILES string of the molecule is COc1nc(N)nn1-c1ccccc1. The predicted octanol–water partition coefficient (Wildman–Crippen LogP) is 0.858. The average Bonchev–Trinajstić information content (AvgIpc) is 2.61. The molecular formula is C9H10N4O. The Morgan fingerprint density at radius 1 is 1.29 bits per heavy atom. The Balaban J connectivity index is 2.51. The van der Waals surface area contributed by atoms with Crippen LogP contribution in [0.4, 0.5) is 5.95 Å². The minimum absolute atomic E-state index is 0.200. The third-order valence-electron chi connectivity index (χ3n) is 1.78. The number of nitrogens with zero attached hydrogens (tertiary/aromatic N) is 3. The smallest absolute Gasteiger partial charge is 0.321 e. The molecule has 0 saturated carbocycles. The summed E-state index contributed by atoms with van der Waals surface area (Å²) >= 11 is 0. The number of nitrogen functional groups attached to an aromatic ring is 1. The molecule has 0 aliphatic rings. The Labute approximate surface area is 81.1 Å². The number of para-hydroxylation sites is 1. The average molecular weight is 190 g/mol. The number of nitrogens with two attached hydrogens (primary N) is 1. The maximum absolute atomic E-state index is 5.47. The third-order valence-corrected chi connectivity index (χ3v) is 1.78. The molecule has 0 radical (unpaired) electrons. The van der Waals surface area contributed by atoms with Crippen molar-refractivity contribution in [2.24, 2.45) is 0 Å². The van der Waals surface area contributed by atoms with Crippen molar-refractivity contribution in [1.29, 1.82) is 0 Å². The number of benzene rings is 1. The van der Waals surface area contributed by atoms with E-state index in [1.807, 2.05) is 30.3 Å². The summed E-state index contributed by atoms with van der Waals surface area (Å²) in [6.07, 6.45) is 0. The molecule has 1 heterocycles. The maximum atomic E-state index is 5.47. The van der Waals surface area contributed by atoms with Crippen molar-refractivity contribution in [1.82, 2.24) is 14.8 Å². The summed E-state index contributed by atoms with van der Waals surface area (Å²) in [6, 6.07) is 9.93. The number of hydrogen-bond acceptors (Lipinski definition) is 4. The van der Waals surface area contributed by atoms with Gasteiger partial charge in [-0.1, -0.05) is 18.2 Å². The summed E-state index contributed by atoms with van der Waals surface area (Å²) in [4.78, 5) is 3.91. The number of anilines is 1. The van der Waals surface area contributed by atoms with Crippen LogP contribution in [0.1, 0.15) is 0 Å². The summed E-state index contributed by atoms with van der Waals surface area (Å²) in [5, 5.41) is 4.01. The monoisotopic (exact) mass is 190 g/mol. The zero-order valence-corrected chi connectivity index (χ0v) is 7.71. The van der Waals surface area contributed by atoms with Gasteiger partial charge in [0.2, 0.25) is 5.95 Å². The summed E-state index contributed by atoms with van der Waals surface area (Å²) in [5.74, 6) is 0.200. The summed E-state index contributed by atoms with van der Waals surface area (Å²) in [7, 11) is 1.53. The van der Waals surface area contributed by atoms with Crippen LogP contribution in [-0.4, -0.2) is 21.9 Å². The Kier molecular flexibility index (Phi) is 2.06. The Morgan fingerprint density at radius 2 is 2.00 bits per heavy atom. The molecule has 0 fully saturated rings. The largest absolute Gasteiger partial charge is 0.467 e. The van der Waals surface area contributed by atoms with Gasteiger partial charge in [0, 0.05) is 0 Å². The molecule has 5 heteroatoms. The van der Waals surface area contributed by atoms with Gasteiger partial charge < -0.3 is 10.5 Å². The van der Waals surface area contributed by atoms with Gasteiger partial charge in [-0.3, -0.25) is 0 Å². The van der Waals surface area contributed by atoms with E-state index in [0.717, 1.165) is 5.69 Å². The van der Waals surface area contributed by atoms with Gasteiger partial charge in [-0.2, -0.15) is 9.67 Å². The lowest BCUT2D eigenvalue weighted by atomic mass is 10.3. The molecule has 0 bridgehead atoms. The second-order valence-electron chi connectivity index (χ2n) is 2.70. The fraction of sp³-hybridized carbons (Fsp3) is 0.111. The zero-order chi connectivity index (χ0) is 9.97. The fourth-order valence-corrected chi connectivity index (χ4v) is 1.18. The first-order valence-electron chi connectivity index (χ1n) is 4.13. The highest BCUT2D eigenvalue weighted by molar-refractivity contribution is 5.34. The molecular weight excluding hydrogens is 180 g/mol. The first-order valence-corrected chi connectivity index (χ1v) is 4.13. The Bertz CT molecular complexity index is 424. The van der Waals surface area contributed by atoms with Crippen molar-refractivity contribution in [3.05, 3.63) is 30.3 Å². The van der Waals surface area contributed by atoms with Crippen LogP contribution < -0.4 is 10.5 Å².